The topological polar surface area (TPSA) is 61.4 Å². The van der Waals surface area contributed by atoms with Crippen LogP contribution in [0.15, 0.2) is 42.9 Å². The van der Waals surface area contributed by atoms with Crippen molar-refractivity contribution < 1.29 is 4.79 Å². The third kappa shape index (κ3) is 5.62. The summed E-state index contributed by atoms with van der Waals surface area (Å²) in [5.74, 6) is 0.636. The molecule has 24 heavy (non-hydrogen) atoms. The fourth-order valence-electron chi connectivity index (χ4n) is 2.30. The monoisotopic (exact) mass is 327 g/mol. The Hall–Kier alpha value is -2.47. The molecule has 1 aromatic carbocycles. The second-order valence-electron chi connectivity index (χ2n) is 5.85. The van der Waals surface area contributed by atoms with Crippen molar-refractivity contribution in [1.29, 1.82) is 0 Å². The number of amides is 1. The average Bonchev–Trinajstić information content (AvgIpc) is 2.61. The van der Waals surface area contributed by atoms with Crippen molar-refractivity contribution in [3.05, 3.63) is 54.0 Å². The number of rotatable bonds is 8. The van der Waals surface area contributed by atoms with Crippen molar-refractivity contribution in [2.45, 2.75) is 20.0 Å². The molecule has 0 aliphatic carbocycles. The maximum atomic E-state index is 12.1. The molecule has 0 saturated carbocycles. The number of carbonyl (C=O) groups excluding carboxylic acids is 1. The van der Waals surface area contributed by atoms with Crippen molar-refractivity contribution in [1.82, 2.24) is 20.2 Å². The Labute approximate surface area is 143 Å². The van der Waals surface area contributed by atoms with Crippen LogP contribution in [0.4, 0.5) is 5.82 Å². The molecule has 6 heteroatoms. The number of carbonyl (C=O) groups is 1. The number of hydrogen-bond donors (Lipinski definition) is 1. The summed E-state index contributed by atoms with van der Waals surface area (Å²) in [4.78, 5) is 24.3. The summed E-state index contributed by atoms with van der Waals surface area (Å²) in [6.45, 7) is 4.83. The minimum Gasteiger partial charge on any atom is -0.350 e. The standard InChI is InChI=1S/C18H25N5O/c1-4-22(2)13-16-7-5-6-15(10-16)11-21-18(24)14-23(3)17-12-19-8-9-20-17/h5-10,12H,4,11,13-14H2,1-3H3,(H,21,24). The van der Waals surface area contributed by atoms with Crippen molar-refractivity contribution in [3.63, 3.8) is 0 Å². The van der Waals surface area contributed by atoms with Gasteiger partial charge in [0.05, 0.1) is 12.7 Å². The second kappa shape index (κ2) is 8.98. The number of aromatic nitrogens is 2. The van der Waals surface area contributed by atoms with Crippen LogP contribution in [0.1, 0.15) is 18.1 Å². The Kier molecular flexibility index (Phi) is 6.69. The normalized spacial score (nSPS) is 10.7. The van der Waals surface area contributed by atoms with Gasteiger partial charge in [-0.25, -0.2) is 4.98 Å². The van der Waals surface area contributed by atoms with E-state index in [4.69, 9.17) is 0 Å². The van der Waals surface area contributed by atoms with Gasteiger partial charge in [-0.15, -0.1) is 0 Å². The van der Waals surface area contributed by atoms with Gasteiger partial charge in [-0.2, -0.15) is 0 Å². The highest BCUT2D eigenvalue weighted by Gasteiger charge is 2.08. The van der Waals surface area contributed by atoms with Crippen LogP contribution in [0.3, 0.4) is 0 Å². The van der Waals surface area contributed by atoms with Crippen LogP contribution in [0.5, 0.6) is 0 Å². The lowest BCUT2D eigenvalue weighted by Gasteiger charge is -2.17. The number of likely N-dealkylation sites (N-methyl/N-ethyl adjacent to an activating group) is 1. The lowest BCUT2D eigenvalue weighted by Crippen LogP contribution is -2.35. The van der Waals surface area contributed by atoms with E-state index in [-0.39, 0.29) is 12.5 Å². The third-order valence-corrected chi connectivity index (χ3v) is 3.79. The largest absolute Gasteiger partial charge is 0.350 e. The summed E-state index contributed by atoms with van der Waals surface area (Å²) in [5, 5.41) is 2.95. The van der Waals surface area contributed by atoms with E-state index in [1.807, 2.05) is 19.2 Å². The molecule has 0 fully saturated rings. The maximum Gasteiger partial charge on any atom is 0.239 e. The molecule has 1 heterocycles. The van der Waals surface area contributed by atoms with Crippen molar-refractivity contribution >= 4 is 11.7 Å². The first-order valence-corrected chi connectivity index (χ1v) is 8.08. The molecule has 6 nitrogen and oxygen atoms in total. The minimum absolute atomic E-state index is 0.0424. The number of hydrogen-bond acceptors (Lipinski definition) is 5. The maximum absolute atomic E-state index is 12.1. The lowest BCUT2D eigenvalue weighted by molar-refractivity contribution is -0.119. The quantitative estimate of drug-likeness (QED) is 0.799. The van der Waals surface area contributed by atoms with Crippen molar-refractivity contribution in [2.75, 3.05) is 32.1 Å². The number of anilines is 1. The van der Waals surface area contributed by atoms with Gasteiger partial charge >= 0.3 is 0 Å². The van der Waals surface area contributed by atoms with E-state index in [0.29, 0.717) is 12.4 Å². The molecule has 0 aliphatic heterocycles. The van der Waals surface area contributed by atoms with Crippen molar-refractivity contribution in [3.8, 4) is 0 Å². The Bertz CT molecular complexity index is 647. The molecule has 2 aromatic rings. The zero-order chi connectivity index (χ0) is 17.4. The fourth-order valence-corrected chi connectivity index (χ4v) is 2.30. The molecule has 0 aliphatic rings. The lowest BCUT2D eigenvalue weighted by atomic mass is 10.1. The number of nitrogens with one attached hydrogen (secondary N) is 1. The average molecular weight is 327 g/mol. The molecule has 2 rings (SSSR count). The SMILES string of the molecule is CCN(C)Cc1cccc(CNC(=O)CN(C)c2cnccn2)c1. The van der Waals surface area contributed by atoms with Crippen LogP contribution < -0.4 is 10.2 Å². The summed E-state index contributed by atoms with van der Waals surface area (Å²) in [6, 6.07) is 8.31. The molecular weight excluding hydrogens is 302 g/mol. The van der Waals surface area contributed by atoms with Gasteiger partial charge in [-0.05, 0) is 24.7 Å². The highest BCUT2D eigenvalue weighted by molar-refractivity contribution is 5.80. The molecule has 1 N–H and O–H groups in total. The smallest absolute Gasteiger partial charge is 0.239 e. The first kappa shape index (κ1) is 17.9. The fraction of sp³-hybridized carbons (Fsp3) is 0.389. The minimum atomic E-state index is -0.0424. The van der Waals surface area contributed by atoms with Crippen LogP contribution in [0.2, 0.25) is 0 Å². The van der Waals surface area contributed by atoms with E-state index in [0.717, 1.165) is 18.7 Å². The second-order valence-corrected chi connectivity index (χ2v) is 5.85. The Morgan fingerprint density at radius 1 is 1.21 bits per heavy atom. The van der Waals surface area contributed by atoms with Crippen LogP contribution in [-0.4, -0.2) is 48.0 Å². The van der Waals surface area contributed by atoms with E-state index in [9.17, 15) is 4.79 Å². The molecule has 128 valence electrons. The summed E-state index contributed by atoms with van der Waals surface area (Å²) in [5.41, 5.74) is 2.36. The Morgan fingerprint density at radius 2 is 2.00 bits per heavy atom. The van der Waals surface area contributed by atoms with Gasteiger partial charge in [0.25, 0.3) is 0 Å². The molecule has 1 amide bonds. The highest BCUT2D eigenvalue weighted by Crippen LogP contribution is 2.08. The van der Waals surface area contributed by atoms with Gasteiger partial charge in [0.15, 0.2) is 0 Å². The van der Waals surface area contributed by atoms with Crippen LogP contribution in [0.25, 0.3) is 0 Å². The van der Waals surface area contributed by atoms with E-state index < -0.39 is 0 Å². The van der Waals surface area contributed by atoms with E-state index in [1.54, 1.807) is 23.5 Å². The Morgan fingerprint density at radius 3 is 2.71 bits per heavy atom. The van der Waals surface area contributed by atoms with Gasteiger partial charge in [-0.3, -0.25) is 9.78 Å². The van der Waals surface area contributed by atoms with Gasteiger partial charge in [0.2, 0.25) is 5.91 Å². The van der Waals surface area contributed by atoms with Gasteiger partial charge < -0.3 is 15.1 Å². The van der Waals surface area contributed by atoms with Gasteiger partial charge in [0.1, 0.15) is 5.82 Å². The van der Waals surface area contributed by atoms with E-state index >= 15 is 0 Å². The molecule has 0 unspecified atom stereocenters. The summed E-state index contributed by atoms with van der Waals surface area (Å²) in [7, 11) is 3.92. The third-order valence-electron chi connectivity index (χ3n) is 3.79. The van der Waals surface area contributed by atoms with Gasteiger partial charge in [-0.1, -0.05) is 31.2 Å². The molecule has 0 bridgehead atoms. The van der Waals surface area contributed by atoms with Crippen LogP contribution in [0, 0.1) is 0 Å². The highest BCUT2D eigenvalue weighted by atomic mass is 16.2. The zero-order valence-corrected chi connectivity index (χ0v) is 14.6. The molecule has 0 radical (unpaired) electrons. The molecule has 0 saturated heterocycles. The van der Waals surface area contributed by atoms with Crippen LogP contribution in [-0.2, 0) is 17.9 Å². The van der Waals surface area contributed by atoms with Gasteiger partial charge in [0, 0.05) is 32.5 Å². The zero-order valence-electron chi connectivity index (χ0n) is 14.6. The molecular formula is C18H25N5O. The first-order valence-electron chi connectivity index (χ1n) is 8.08. The molecule has 1 aromatic heterocycles. The number of nitrogens with zero attached hydrogens (tertiary/aromatic N) is 4. The summed E-state index contributed by atoms with van der Waals surface area (Å²) < 4.78 is 0. The van der Waals surface area contributed by atoms with Crippen molar-refractivity contribution in [2.24, 2.45) is 0 Å². The molecule has 0 atom stereocenters. The summed E-state index contributed by atoms with van der Waals surface area (Å²) >= 11 is 0. The predicted octanol–water partition coefficient (Wildman–Crippen LogP) is 1.68. The predicted molar refractivity (Wildman–Crippen MR) is 95.6 cm³/mol. The number of benzene rings is 1. The molecule has 0 spiro atoms. The summed E-state index contributed by atoms with van der Waals surface area (Å²) in [6.07, 6.45) is 4.86. The van der Waals surface area contributed by atoms with Crippen LogP contribution >= 0.6 is 0 Å². The first-order chi connectivity index (χ1) is 11.6. The Balaban J connectivity index is 1.84. The van der Waals surface area contributed by atoms with E-state index in [1.165, 1.54) is 5.56 Å². The van der Waals surface area contributed by atoms with E-state index in [2.05, 4.69) is 46.3 Å².